The van der Waals surface area contributed by atoms with Gasteiger partial charge in [-0.2, -0.15) is 0 Å². The van der Waals surface area contributed by atoms with Gasteiger partial charge in [0.15, 0.2) is 5.96 Å². The summed E-state index contributed by atoms with van der Waals surface area (Å²) in [6.07, 6.45) is 4.83. The monoisotopic (exact) mass is 363 g/mol. The van der Waals surface area contributed by atoms with E-state index in [-0.39, 0.29) is 0 Å². The van der Waals surface area contributed by atoms with E-state index in [1.54, 1.807) is 0 Å². The summed E-state index contributed by atoms with van der Waals surface area (Å²) in [5.74, 6) is 0.732. The highest BCUT2D eigenvalue weighted by Crippen LogP contribution is 2.18. The van der Waals surface area contributed by atoms with Gasteiger partial charge in [0.25, 0.3) is 0 Å². The van der Waals surface area contributed by atoms with E-state index in [4.69, 9.17) is 5.73 Å². The number of guanidine groups is 1. The van der Waals surface area contributed by atoms with E-state index in [0.29, 0.717) is 0 Å². The summed E-state index contributed by atoms with van der Waals surface area (Å²) in [5, 5.41) is 0. The fourth-order valence-electron chi connectivity index (χ4n) is 1.99. The third-order valence-corrected chi connectivity index (χ3v) is 4.89. The quantitative estimate of drug-likeness (QED) is 0.510. The topological polar surface area (TPSA) is 41.6 Å². The fourth-order valence-corrected chi connectivity index (χ4v) is 3.73. The lowest BCUT2D eigenvalue weighted by atomic mass is 10.1. The van der Waals surface area contributed by atoms with E-state index in [2.05, 4.69) is 44.6 Å². The highest BCUT2D eigenvalue weighted by atomic mass is 127. The van der Waals surface area contributed by atoms with E-state index in [1.165, 1.54) is 27.0 Å². The van der Waals surface area contributed by atoms with Crippen molar-refractivity contribution in [1.82, 2.24) is 4.90 Å². The first kappa shape index (κ1) is 13.1. The van der Waals surface area contributed by atoms with Crippen LogP contribution < -0.4 is 5.73 Å². The first-order chi connectivity index (χ1) is 8.25. The predicted octanol–water partition coefficient (Wildman–Crippen LogP) is 2.70. The van der Waals surface area contributed by atoms with Crippen LogP contribution >= 0.6 is 33.9 Å². The number of hydrogen-bond donors (Lipinski definition) is 1. The first-order valence-corrected chi connectivity index (χ1v) is 7.94. The largest absolute Gasteiger partial charge is 0.370 e. The second kappa shape index (κ2) is 6.58. The number of nitrogens with two attached hydrogens (primary N) is 1. The van der Waals surface area contributed by atoms with Gasteiger partial charge in [0.1, 0.15) is 0 Å². The molecule has 3 nitrogen and oxygen atoms in total. The molecule has 1 aromatic rings. The van der Waals surface area contributed by atoms with Crippen molar-refractivity contribution < 1.29 is 0 Å². The highest BCUT2D eigenvalue weighted by Gasteiger charge is 2.11. The number of nitrogens with zero attached hydrogens (tertiary/aromatic N) is 2. The zero-order valence-corrected chi connectivity index (χ0v) is 12.8. The maximum absolute atomic E-state index is 6.00. The molecule has 2 heterocycles. The van der Waals surface area contributed by atoms with Crippen molar-refractivity contribution in [2.75, 3.05) is 19.6 Å². The number of piperidine rings is 1. The molecule has 2 rings (SSSR count). The van der Waals surface area contributed by atoms with Crippen molar-refractivity contribution in [3.8, 4) is 0 Å². The molecule has 0 aromatic carbocycles. The normalized spacial score (nSPS) is 17.5. The second-order valence-corrected chi connectivity index (χ2v) is 7.31. The van der Waals surface area contributed by atoms with E-state index >= 15 is 0 Å². The van der Waals surface area contributed by atoms with Gasteiger partial charge in [-0.3, -0.25) is 4.99 Å². The van der Waals surface area contributed by atoms with Crippen LogP contribution in [0.25, 0.3) is 0 Å². The number of rotatable bonds is 3. The molecule has 1 fully saturated rings. The van der Waals surface area contributed by atoms with Crippen molar-refractivity contribution in [3.63, 3.8) is 0 Å². The third kappa shape index (κ3) is 4.13. The van der Waals surface area contributed by atoms with Gasteiger partial charge in [-0.15, -0.1) is 11.3 Å². The summed E-state index contributed by atoms with van der Waals surface area (Å²) in [5.41, 5.74) is 6.00. The lowest BCUT2D eigenvalue weighted by molar-refractivity contribution is 0.338. The van der Waals surface area contributed by atoms with E-state index < -0.39 is 0 Å². The molecule has 0 aliphatic carbocycles. The minimum absolute atomic E-state index is 0.732. The SMILES string of the molecule is NC(=NCCc1ccc(I)s1)N1CCCCC1. The number of aliphatic imine (C=N–C) groups is 1. The summed E-state index contributed by atoms with van der Waals surface area (Å²) < 4.78 is 1.34. The Labute approximate surface area is 120 Å². The van der Waals surface area contributed by atoms with Gasteiger partial charge < -0.3 is 10.6 Å². The third-order valence-electron chi connectivity index (χ3n) is 2.94. The Morgan fingerprint density at radius 1 is 1.35 bits per heavy atom. The van der Waals surface area contributed by atoms with E-state index in [0.717, 1.165) is 32.0 Å². The molecule has 1 saturated heterocycles. The molecular formula is C12H18IN3S. The zero-order chi connectivity index (χ0) is 12.1. The maximum Gasteiger partial charge on any atom is 0.191 e. The molecule has 0 amide bonds. The summed E-state index contributed by atoms with van der Waals surface area (Å²) in [6.45, 7) is 2.96. The summed E-state index contributed by atoms with van der Waals surface area (Å²) in [4.78, 5) is 8.08. The van der Waals surface area contributed by atoms with Crippen LogP contribution in [0.15, 0.2) is 17.1 Å². The lowest BCUT2D eigenvalue weighted by Gasteiger charge is -2.27. The Bertz CT molecular complexity index is 383. The van der Waals surface area contributed by atoms with Crippen LogP contribution in [0.2, 0.25) is 0 Å². The van der Waals surface area contributed by atoms with Crippen LogP contribution in [-0.2, 0) is 6.42 Å². The number of thiophene rings is 1. The molecule has 17 heavy (non-hydrogen) atoms. The van der Waals surface area contributed by atoms with Crippen molar-refractivity contribution in [3.05, 3.63) is 19.9 Å². The summed E-state index contributed by atoms with van der Waals surface area (Å²) in [6, 6.07) is 4.33. The van der Waals surface area contributed by atoms with Crippen LogP contribution in [0.4, 0.5) is 0 Å². The van der Waals surface area contributed by atoms with Crippen molar-refractivity contribution in [2.24, 2.45) is 10.7 Å². The average molecular weight is 363 g/mol. The number of hydrogen-bond acceptors (Lipinski definition) is 2. The minimum Gasteiger partial charge on any atom is -0.370 e. The Balaban J connectivity index is 1.79. The molecule has 1 aliphatic rings. The van der Waals surface area contributed by atoms with Gasteiger partial charge in [0, 0.05) is 30.9 Å². The van der Waals surface area contributed by atoms with Gasteiger partial charge in [-0.1, -0.05) is 0 Å². The van der Waals surface area contributed by atoms with Gasteiger partial charge in [0.05, 0.1) is 2.88 Å². The molecule has 0 spiro atoms. The van der Waals surface area contributed by atoms with Crippen LogP contribution in [0.5, 0.6) is 0 Å². The minimum atomic E-state index is 0.732. The van der Waals surface area contributed by atoms with Crippen LogP contribution in [0, 0.1) is 2.88 Å². The van der Waals surface area contributed by atoms with Crippen LogP contribution in [0.1, 0.15) is 24.1 Å². The predicted molar refractivity (Wildman–Crippen MR) is 82.7 cm³/mol. The molecule has 0 bridgehead atoms. The number of halogens is 1. The number of likely N-dealkylation sites (tertiary alicyclic amines) is 1. The van der Waals surface area contributed by atoms with Gasteiger partial charge in [-0.05, 0) is 54.0 Å². The van der Waals surface area contributed by atoms with Crippen LogP contribution in [-0.4, -0.2) is 30.5 Å². The second-order valence-electron chi connectivity index (χ2n) is 4.24. The molecule has 1 aliphatic heterocycles. The maximum atomic E-state index is 6.00. The molecule has 0 atom stereocenters. The molecule has 0 saturated carbocycles. The van der Waals surface area contributed by atoms with Crippen molar-refractivity contribution in [2.45, 2.75) is 25.7 Å². The van der Waals surface area contributed by atoms with Crippen LogP contribution in [0.3, 0.4) is 0 Å². The Morgan fingerprint density at radius 2 is 2.12 bits per heavy atom. The summed E-state index contributed by atoms with van der Waals surface area (Å²) in [7, 11) is 0. The molecule has 0 radical (unpaired) electrons. The molecule has 5 heteroatoms. The smallest absolute Gasteiger partial charge is 0.191 e. The van der Waals surface area contributed by atoms with Crippen molar-refractivity contribution in [1.29, 1.82) is 0 Å². The highest BCUT2D eigenvalue weighted by molar-refractivity contribution is 14.1. The van der Waals surface area contributed by atoms with E-state index in [1.807, 2.05) is 11.3 Å². The standard InChI is InChI=1S/C12H18IN3S/c13-11-5-4-10(17-11)6-7-15-12(14)16-8-2-1-3-9-16/h4-5H,1-3,6-9H2,(H2,14,15). The Morgan fingerprint density at radius 3 is 2.76 bits per heavy atom. The average Bonchev–Trinajstić information content (AvgIpc) is 2.76. The lowest BCUT2D eigenvalue weighted by Crippen LogP contribution is -2.41. The van der Waals surface area contributed by atoms with Crippen molar-refractivity contribution >= 4 is 39.9 Å². The van der Waals surface area contributed by atoms with Gasteiger partial charge in [0.2, 0.25) is 0 Å². The van der Waals surface area contributed by atoms with Gasteiger partial charge in [-0.25, -0.2) is 0 Å². The fraction of sp³-hybridized carbons (Fsp3) is 0.583. The molecular weight excluding hydrogens is 345 g/mol. The van der Waals surface area contributed by atoms with Gasteiger partial charge >= 0.3 is 0 Å². The molecule has 94 valence electrons. The Hall–Kier alpha value is -0.300. The molecule has 0 unspecified atom stereocenters. The summed E-state index contributed by atoms with van der Waals surface area (Å²) >= 11 is 4.19. The first-order valence-electron chi connectivity index (χ1n) is 6.05. The van der Waals surface area contributed by atoms with E-state index in [9.17, 15) is 0 Å². The molecule has 2 N–H and O–H groups in total. The molecule has 1 aromatic heterocycles. The Kier molecular flexibility index (Phi) is 5.09. The zero-order valence-electron chi connectivity index (χ0n) is 9.86.